The van der Waals surface area contributed by atoms with Gasteiger partial charge in [-0.2, -0.15) is 11.8 Å². The molecule has 2 unspecified atom stereocenters. The average Bonchev–Trinajstić information content (AvgIpc) is 3.50. The summed E-state index contributed by atoms with van der Waals surface area (Å²) in [5, 5.41) is 12.4. The number of carboxylic acids is 1. The summed E-state index contributed by atoms with van der Waals surface area (Å²) in [4.78, 5) is 25.3. The van der Waals surface area contributed by atoms with Gasteiger partial charge in [-0.1, -0.05) is 62.4 Å². The number of aryl methyl sites for hydroxylation is 1. The van der Waals surface area contributed by atoms with E-state index >= 15 is 0 Å². The van der Waals surface area contributed by atoms with Crippen molar-refractivity contribution in [2.75, 3.05) is 18.6 Å². The highest BCUT2D eigenvalue weighted by molar-refractivity contribution is 7.98. The Balaban J connectivity index is 1.61. The fraction of sp³-hybridized carbons (Fsp3) is 0.455. The quantitative estimate of drug-likeness (QED) is 0.196. The summed E-state index contributed by atoms with van der Waals surface area (Å²) in [6.45, 7) is 2.63. The van der Waals surface area contributed by atoms with Crippen LogP contribution >= 0.6 is 11.8 Å². The van der Waals surface area contributed by atoms with E-state index in [4.69, 9.17) is 9.15 Å². The molecule has 1 saturated carbocycles. The maximum atomic E-state index is 13.5. The molecule has 1 heterocycles. The first kappa shape index (κ1) is 29.9. The van der Waals surface area contributed by atoms with Gasteiger partial charge in [0.05, 0.1) is 6.26 Å². The van der Waals surface area contributed by atoms with E-state index in [0.29, 0.717) is 30.1 Å². The minimum Gasteiger partial charge on any atom is -0.480 e. The summed E-state index contributed by atoms with van der Waals surface area (Å²) in [6, 6.07) is 16.4. The van der Waals surface area contributed by atoms with Crippen molar-refractivity contribution < 1.29 is 23.8 Å². The van der Waals surface area contributed by atoms with E-state index in [-0.39, 0.29) is 0 Å². The number of thioether (sulfide) groups is 1. The van der Waals surface area contributed by atoms with E-state index < -0.39 is 24.0 Å². The first-order chi connectivity index (χ1) is 19.5. The lowest BCUT2D eigenvalue weighted by Crippen LogP contribution is -2.41. The van der Waals surface area contributed by atoms with E-state index in [2.05, 4.69) is 5.32 Å². The predicted octanol–water partition coefficient (Wildman–Crippen LogP) is 7.66. The number of amides is 1. The number of carboxylic acid groups (broad SMARTS) is 1. The zero-order chi connectivity index (χ0) is 28.3. The molecule has 2 N–H and O–H groups in total. The van der Waals surface area contributed by atoms with Gasteiger partial charge in [0.2, 0.25) is 0 Å². The minimum atomic E-state index is -1.03. The Morgan fingerprint density at radius 2 is 1.88 bits per heavy atom. The molecule has 1 amide bonds. The molecule has 0 radical (unpaired) electrons. The summed E-state index contributed by atoms with van der Waals surface area (Å²) in [5.41, 5.74) is 4.00. The van der Waals surface area contributed by atoms with Gasteiger partial charge in [-0.15, -0.1) is 0 Å². The van der Waals surface area contributed by atoms with Crippen LogP contribution in [0.1, 0.15) is 84.7 Å². The SMILES string of the molecule is CSCCC(NC(=O)c1ccc(C(OCCCC2CCCCC2)c2ccco2)cc1-c1ccccc1C)C(=O)O. The van der Waals surface area contributed by atoms with Crippen molar-refractivity contribution >= 4 is 23.6 Å². The minimum absolute atomic E-state index is 0.356. The number of benzene rings is 2. The van der Waals surface area contributed by atoms with Gasteiger partial charge in [0.15, 0.2) is 0 Å². The number of furan rings is 1. The first-order valence-corrected chi connectivity index (χ1v) is 15.7. The summed E-state index contributed by atoms with van der Waals surface area (Å²) >= 11 is 1.55. The number of hydrogen-bond acceptors (Lipinski definition) is 5. The van der Waals surface area contributed by atoms with Crippen LogP contribution in [-0.4, -0.2) is 41.6 Å². The molecular weight excluding hydrogens is 522 g/mol. The Morgan fingerprint density at radius 1 is 1.07 bits per heavy atom. The molecule has 0 saturated heterocycles. The van der Waals surface area contributed by atoms with Crippen molar-refractivity contribution in [1.29, 1.82) is 0 Å². The van der Waals surface area contributed by atoms with Crippen LogP contribution < -0.4 is 5.32 Å². The van der Waals surface area contributed by atoms with E-state index in [1.807, 2.05) is 61.7 Å². The van der Waals surface area contributed by atoms with E-state index in [0.717, 1.165) is 34.6 Å². The number of carbonyl (C=O) groups excluding carboxylic acids is 1. The van der Waals surface area contributed by atoms with E-state index in [9.17, 15) is 14.7 Å². The molecule has 0 spiro atoms. The molecule has 214 valence electrons. The maximum absolute atomic E-state index is 13.5. The van der Waals surface area contributed by atoms with Crippen molar-refractivity contribution in [3.05, 3.63) is 83.3 Å². The number of aliphatic carboxylic acids is 1. The van der Waals surface area contributed by atoms with Crippen molar-refractivity contribution in [2.24, 2.45) is 5.92 Å². The van der Waals surface area contributed by atoms with Gasteiger partial charge in [0.1, 0.15) is 17.9 Å². The molecule has 1 fully saturated rings. The number of hydrogen-bond donors (Lipinski definition) is 2. The largest absolute Gasteiger partial charge is 0.480 e. The number of ether oxygens (including phenoxy) is 1. The lowest BCUT2D eigenvalue weighted by Gasteiger charge is -2.23. The molecule has 40 heavy (non-hydrogen) atoms. The van der Waals surface area contributed by atoms with Gasteiger partial charge in [-0.3, -0.25) is 4.79 Å². The van der Waals surface area contributed by atoms with E-state index in [1.54, 1.807) is 24.1 Å². The van der Waals surface area contributed by atoms with Gasteiger partial charge in [-0.25, -0.2) is 4.79 Å². The highest BCUT2D eigenvalue weighted by atomic mass is 32.2. The molecule has 3 aromatic rings. The van der Waals surface area contributed by atoms with Crippen LogP contribution in [0.3, 0.4) is 0 Å². The van der Waals surface area contributed by atoms with Gasteiger partial charge in [0.25, 0.3) is 5.91 Å². The molecule has 1 aliphatic rings. The monoisotopic (exact) mass is 563 g/mol. The van der Waals surface area contributed by atoms with Crippen LogP contribution in [0, 0.1) is 12.8 Å². The molecule has 4 rings (SSSR count). The summed E-state index contributed by atoms with van der Waals surface area (Å²) in [5.74, 6) is 0.727. The predicted molar refractivity (Wildman–Crippen MR) is 161 cm³/mol. The molecule has 2 aromatic carbocycles. The Kier molecular flexibility index (Phi) is 11.3. The van der Waals surface area contributed by atoms with Crippen molar-refractivity contribution in [1.82, 2.24) is 5.32 Å². The van der Waals surface area contributed by atoms with Crippen LogP contribution in [-0.2, 0) is 9.53 Å². The molecule has 1 aromatic heterocycles. The average molecular weight is 564 g/mol. The summed E-state index contributed by atoms with van der Waals surface area (Å²) in [6.07, 6.45) is 12.4. The van der Waals surface area contributed by atoms with Crippen LogP contribution in [0.25, 0.3) is 11.1 Å². The zero-order valence-electron chi connectivity index (χ0n) is 23.6. The van der Waals surface area contributed by atoms with Crippen LogP contribution in [0.5, 0.6) is 0 Å². The smallest absolute Gasteiger partial charge is 0.326 e. The summed E-state index contributed by atoms with van der Waals surface area (Å²) < 4.78 is 12.2. The Labute approximate surface area is 241 Å². The number of nitrogens with one attached hydrogen (secondary N) is 1. The van der Waals surface area contributed by atoms with Crippen molar-refractivity contribution in [3.63, 3.8) is 0 Å². The van der Waals surface area contributed by atoms with Gasteiger partial charge < -0.3 is 19.6 Å². The highest BCUT2D eigenvalue weighted by Crippen LogP contribution is 2.34. The van der Waals surface area contributed by atoms with Crippen molar-refractivity contribution in [2.45, 2.75) is 70.4 Å². The second-order valence-corrected chi connectivity index (χ2v) is 11.7. The number of rotatable bonds is 14. The topological polar surface area (TPSA) is 88.8 Å². The Bertz CT molecular complexity index is 1240. The molecule has 0 bridgehead atoms. The van der Waals surface area contributed by atoms with Gasteiger partial charge >= 0.3 is 5.97 Å². The summed E-state index contributed by atoms with van der Waals surface area (Å²) in [7, 11) is 0. The number of carbonyl (C=O) groups is 2. The third-order valence-corrected chi connectivity index (χ3v) is 8.45. The lowest BCUT2D eigenvalue weighted by molar-refractivity contribution is -0.139. The normalized spacial score (nSPS) is 15.4. The highest BCUT2D eigenvalue weighted by Gasteiger charge is 2.25. The Hall–Kier alpha value is -3.03. The molecular formula is C33H41NO5S. The molecule has 1 aliphatic carbocycles. The van der Waals surface area contributed by atoms with Gasteiger partial charge in [0, 0.05) is 12.2 Å². The first-order valence-electron chi connectivity index (χ1n) is 14.4. The zero-order valence-corrected chi connectivity index (χ0v) is 24.4. The molecule has 0 aliphatic heterocycles. The standard InChI is InChI=1S/C33H41NO5S/c1-23-10-6-7-14-26(23)28-22-25(16-17-27(28)32(35)34-29(33(36)37)18-21-40-2)31(30-15-9-19-38-30)39-20-8-13-24-11-4-3-5-12-24/h6-7,9-10,14-17,19,22,24,29,31H,3-5,8,11-13,18,20-21H2,1-2H3,(H,34,35)(H,36,37). The van der Waals surface area contributed by atoms with Crippen LogP contribution in [0.2, 0.25) is 0 Å². The van der Waals surface area contributed by atoms with Crippen molar-refractivity contribution in [3.8, 4) is 11.1 Å². The molecule has 2 atom stereocenters. The second-order valence-electron chi connectivity index (χ2n) is 10.7. The molecule has 6 nitrogen and oxygen atoms in total. The van der Waals surface area contributed by atoms with Crippen LogP contribution in [0.4, 0.5) is 0 Å². The third kappa shape index (κ3) is 8.01. The fourth-order valence-electron chi connectivity index (χ4n) is 5.58. The third-order valence-electron chi connectivity index (χ3n) is 7.81. The molecule has 7 heteroatoms. The van der Waals surface area contributed by atoms with E-state index in [1.165, 1.54) is 38.5 Å². The van der Waals surface area contributed by atoms with Crippen LogP contribution in [0.15, 0.2) is 65.3 Å². The van der Waals surface area contributed by atoms with Gasteiger partial charge in [-0.05, 0) is 90.6 Å². The second kappa shape index (κ2) is 15.1. The lowest BCUT2D eigenvalue weighted by atomic mass is 9.86. The Morgan fingerprint density at radius 3 is 2.58 bits per heavy atom. The fourth-order valence-corrected chi connectivity index (χ4v) is 6.05. The maximum Gasteiger partial charge on any atom is 0.326 e.